The first-order chi connectivity index (χ1) is 12.1. The van der Waals surface area contributed by atoms with Crippen molar-refractivity contribution in [1.29, 1.82) is 0 Å². The van der Waals surface area contributed by atoms with Crippen LogP contribution < -0.4 is 14.5 Å². The average molecular weight is 345 g/mol. The minimum absolute atomic E-state index is 0.0870. The number of carbonyl (C=O) groups is 1. The van der Waals surface area contributed by atoms with Crippen LogP contribution in [0.1, 0.15) is 32.3 Å². The lowest BCUT2D eigenvalue weighted by atomic mass is 9.84. The van der Waals surface area contributed by atoms with Crippen LogP contribution in [-0.2, 0) is 16.0 Å². The highest BCUT2D eigenvalue weighted by Gasteiger charge is 2.45. The van der Waals surface area contributed by atoms with Crippen molar-refractivity contribution in [1.82, 2.24) is 4.98 Å². The van der Waals surface area contributed by atoms with Crippen LogP contribution in [0, 0.1) is 11.8 Å². The summed E-state index contributed by atoms with van der Waals surface area (Å²) in [7, 11) is 1.65. The Labute approximate surface area is 149 Å². The molecule has 1 amide bonds. The zero-order valence-corrected chi connectivity index (χ0v) is 15.3. The van der Waals surface area contributed by atoms with Gasteiger partial charge in [-0.15, -0.1) is 0 Å². The van der Waals surface area contributed by atoms with E-state index in [4.69, 9.17) is 14.5 Å². The van der Waals surface area contributed by atoms with Gasteiger partial charge >= 0.3 is 0 Å². The quantitative estimate of drug-likeness (QED) is 0.841. The van der Waals surface area contributed by atoms with Crippen LogP contribution in [0.25, 0.3) is 0 Å². The molecule has 6 heteroatoms. The fourth-order valence-corrected chi connectivity index (χ4v) is 4.41. The Morgan fingerprint density at radius 2 is 2.04 bits per heavy atom. The number of pyridine rings is 1. The van der Waals surface area contributed by atoms with Gasteiger partial charge in [0.25, 0.3) is 0 Å². The van der Waals surface area contributed by atoms with Crippen LogP contribution in [0.5, 0.6) is 5.88 Å². The van der Waals surface area contributed by atoms with Crippen molar-refractivity contribution in [2.75, 3.05) is 43.2 Å². The van der Waals surface area contributed by atoms with Crippen molar-refractivity contribution >= 4 is 17.4 Å². The zero-order chi connectivity index (χ0) is 17.6. The first-order valence-electron chi connectivity index (χ1n) is 9.30. The minimum atomic E-state index is 0.0870. The van der Waals surface area contributed by atoms with E-state index in [0.717, 1.165) is 44.2 Å². The molecule has 0 spiro atoms. The zero-order valence-electron chi connectivity index (χ0n) is 15.3. The first-order valence-corrected chi connectivity index (χ1v) is 9.30. The van der Waals surface area contributed by atoms with Gasteiger partial charge in [-0.1, -0.05) is 6.92 Å². The van der Waals surface area contributed by atoms with Crippen LogP contribution in [0.3, 0.4) is 0 Å². The molecular weight excluding hydrogens is 318 g/mol. The molecule has 3 aliphatic rings. The SMILES string of the molecule is COc1nc(N2CCOCC2)cc2c1N(C(C)=O)[C@@H](C1CC1)C(C)C2. The highest BCUT2D eigenvalue weighted by atomic mass is 16.5. The number of ether oxygens (including phenoxy) is 2. The summed E-state index contributed by atoms with van der Waals surface area (Å²) in [6.07, 6.45) is 3.40. The maximum absolute atomic E-state index is 12.5. The number of rotatable bonds is 3. The van der Waals surface area contributed by atoms with Crippen molar-refractivity contribution in [3.05, 3.63) is 11.6 Å². The number of carbonyl (C=O) groups excluding carboxylic acids is 1. The number of hydrogen-bond acceptors (Lipinski definition) is 5. The molecule has 2 fully saturated rings. The van der Waals surface area contributed by atoms with Crippen LogP contribution >= 0.6 is 0 Å². The second kappa shape index (κ2) is 6.48. The number of morpholine rings is 1. The molecule has 1 saturated heterocycles. The van der Waals surface area contributed by atoms with Crippen LogP contribution in [0.2, 0.25) is 0 Å². The first kappa shape index (κ1) is 16.6. The minimum Gasteiger partial charge on any atom is -0.479 e. The Hall–Kier alpha value is -1.82. The van der Waals surface area contributed by atoms with Crippen molar-refractivity contribution in [2.45, 2.75) is 39.2 Å². The van der Waals surface area contributed by atoms with E-state index in [-0.39, 0.29) is 11.9 Å². The third-order valence-corrected chi connectivity index (χ3v) is 5.66. The van der Waals surface area contributed by atoms with Gasteiger partial charge in [0.15, 0.2) is 0 Å². The van der Waals surface area contributed by atoms with Gasteiger partial charge in [-0.25, -0.2) is 0 Å². The third-order valence-electron chi connectivity index (χ3n) is 5.66. The molecule has 1 aromatic heterocycles. The maximum atomic E-state index is 12.5. The predicted octanol–water partition coefficient (Wildman–Crippen LogP) is 2.25. The van der Waals surface area contributed by atoms with Crippen molar-refractivity contribution in [3.8, 4) is 5.88 Å². The molecular formula is C19H27N3O3. The summed E-state index contributed by atoms with van der Waals surface area (Å²) < 4.78 is 11.1. The van der Waals surface area contributed by atoms with E-state index < -0.39 is 0 Å². The topological polar surface area (TPSA) is 54.9 Å². The number of fused-ring (bicyclic) bond motifs is 1. The highest BCUT2D eigenvalue weighted by molar-refractivity contribution is 5.95. The molecule has 0 radical (unpaired) electrons. The molecule has 1 saturated carbocycles. The highest BCUT2D eigenvalue weighted by Crippen LogP contribution is 2.48. The van der Waals surface area contributed by atoms with E-state index >= 15 is 0 Å². The van der Waals surface area contributed by atoms with Gasteiger partial charge in [-0.3, -0.25) is 4.79 Å². The molecule has 4 rings (SSSR count). The van der Waals surface area contributed by atoms with Gasteiger partial charge in [0.05, 0.1) is 20.3 Å². The molecule has 1 aliphatic carbocycles. The standard InChI is InChI=1S/C19H27N3O3/c1-12-10-15-11-16(21-6-8-25-9-7-21)20-19(24-3)18(15)22(13(2)23)17(12)14-4-5-14/h11-12,14,17H,4-10H2,1-3H3/t12?,17-/m1/s1. The van der Waals surface area contributed by atoms with Crippen molar-refractivity contribution < 1.29 is 14.3 Å². The predicted molar refractivity (Wildman–Crippen MR) is 96.4 cm³/mol. The molecule has 0 N–H and O–H groups in total. The number of amides is 1. The molecule has 136 valence electrons. The number of hydrogen-bond donors (Lipinski definition) is 0. The summed E-state index contributed by atoms with van der Waals surface area (Å²) in [5.74, 6) is 2.67. The smallest absolute Gasteiger partial charge is 0.240 e. The molecule has 1 aromatic rings. The Morgan fingerprint density at radius 3 is 2.64 bits per heavy atom. The molecule has 2 atom stereocenters. The summed E-state index contributed by atoms with van der Waals surface area (Å²) in [5.41, 5.74) is 2.06. The number of aromatic nitrogens is 1. The van der Waals surface area contributed by atoms with Gasteiger partial charge in [0, 0.05) is 26.1 Å². The second-order valence-corrected chi connectivity index (χ2v) is 7.50. The van der Waals surface area contributed by atoms with Gasteiger partial charge in [0.2, 0.25) is 11.8 Å². The molecule has 3 heterocycles. The Morgan fingerprint density at radius 1 is 1.32 bits per heavy atom. The van der Waals surface area contributed by atoms with E-state index in [2.05, 4.69) is 17.9 Å². The lowest BCUT2D eigenvalue weighted by Gasteiger charge is -2.42. The summed E-state index contributed by atoms with van der Waals surface area (Å²) >= 11 is 0. The normalized spacial score (nSPS) is 26.4. The van der Waals surface area contributed by atoms with Crippen LogP contribution in [0.15, 0.2) is 6.07 Å². The Balaban J connectivity index is 1.78. The molecule has 1 unspecified atom stereocenters. The number of anilines is 2. The Kier molecular flexibility index (Phi) is 4.31. The maximum Gasteiger partial charge on any atom is 0.240 e. The molecule has 25 heavy (non-hydrogen) atoms. The van der Waals surface area contributed by atoms with Gasteiger partial charge in [-0.2, -0.15) is 4.98 Å². The van der Waals surface area contributed by atoms with Crippen LogP contribution in [0.4, 0.5) is 11.5 Å². The van der Waals surface area contributed by atoms with Gasteiger partial charge < -0.3 is 19.3 Å². The molecule has 6 nitrogen and oxygen atoms in total. The van der Waals surface area contributed by atoms with E-state index in [9.17, 15) is 4.79 Å². The van der Waals surface area contributed by atoms with Crippen molar-refractivity contribution in [3.63, 3.8) is 0 Å². The van der Waals surface area contributed by atoms with Gasteiger partial charge in [0.1, 0.15) is 11.5 Å². The van der Waals surface area contributed by atoms with Crippen LogP contribution in [-0.4, -0.2) is 50.3 Å². The van der Waals surface area contributed by atoms with E-state index in [1.807, 2.05) is 4.90 Å². The van der Waals surface area contributed by atoms with E-state index in [0.29, 0.717) is 17.7 Å². The monoisotopic (exact) mass is 345 g/mol. The third kappa shape index (κ3) is 2.97. The largest absolute Gasteiger partial charge is 0.479 e. The molecule has 0 aromatic carbocycles. The van der Waals surface area contributed by atoms with E-state index in [1.165, 1.54) is 18.4 Å². The van der Waals surface area contributed by atoms with Gasteiger partial charge in [-0.05, 0) is 42.7 Å². The lowest BCUT2D eigenvalue weighted by molar-refractivity contribution is -0.117. The molecule has 2 aliphatic heterocycles. The summed E-state index contributed by atoms with van der Waals surface area (Å²) in [4.78, 5) is 21.5. The van der Waals surface area contributed by atoms with E-state index in [1.54, 1.807) is 14.0 Å². The second-order valence-electron chi connectivity index (χ2n) is 7.50. The average Bonchev–Trinajstić information content (AvgIpc) is 3.44. The Bertz CT molecular complexity index is 668. The molecule has 0 bridgehead atoms. The lowest BCUT2D eigenvalue weighted by Crippen LogP contribution is -2.49. The number of methoxy groups -OCH3 is 1. The summed E-state index contributed by atoms with van der Waals surface area (Å²) in [5, 5.41) is 0. The fraction of sp³-hybridized carbons (Fsp3) is 0.684. The summed E-state index contributed by atoms with van der Waals surface area (Å²) in [6, 6.07) is 2.42. The number of nitrogens with zero attached hydrogens (tertiary/aromatic N) is 3. The fourth-order valence-electron chi connectivity index (χ4n) is 4.41. The summed E-state index contributed by atoms with van der Waals surface area (Å²) in [6.45, 7) is 7.05. The van der Waals surface area contributed by atoms with Crippen molar-refractivity contribution in [2.24, 2.45) is 11.8 Å².